The Bertz CT molecular complexity index is 1070. The fraction of sp³-hybridized carbons (Fsp3) is 0.350. The number of para-hydroxylation sites is 1. The van der Waals surface area contributed by atoms with E-state index in [2.05, 4.69) is 37.5 Å². The maximum absolute atomic E-state index is 6.11. The predicted octanol–water partition coefficient (Wildman–Crippen LogP) is 3.57. The molecule has 0 radical (unpaired) electrons. The predicted molar refractivity (Wildman–Crippen MR) is 101 cm³/mol. The van der Waals surface area contributed by atoms with Gasteiger partial charge in [0, 0.05) is 44.3 Å². The molecule has 0 bridgehead atoms. The quantitative estimate of drug-likeness (QED) is 0.567. The lowest BCUT2D eigenvalue weighted by atomic mass is 9.94. The lowest BCUT2D eigenvalue weighted by molar-refractivity contribution is 0.401. The van der Waals surface area contributed by atoms with E-state index in [0.717, 1.165) is 59.6 Å². The van der Waals surface area contributed by atoms with E-state index in [-0.39, 0.29) is 0 Å². The minimum absolute atomic E-state index is 0.569. The second-order valence-corrected chi connectivity index (χ2v) is 7.09. The molecule has 0 spiro atoms. The Balaban J connectivity index is 1.48. The molecule has 0 N–H and O–H groups in total. The highest BCUT2D eigenvalue weighted by atomic mass is 16.3. The van der Waals surface area contributed by atoms with Crippen molar-refractivity contribution in [3.63, 3.8) is 0 Å². The van der Waals surface area contributed by atoms with Crippen LogP contribution in [-0.4, -0.2) is 32.6 Å². The van der Waals surface area contributed by atoms with Gasteiger partial charge in [-0.15, -0.1) is 0 Å². The van der Waals surface area contributed by atoms with E-state index in [1.165, 1.54) is 6.42 Å². The molecule has 1 saturated heterocycles. The van der Waals surface area contributed by atoms with E-state index in [1.807, 2.05) is 30.6 Å². The van der Waals surface area contributed by atoms with Gasteiger partial charge in [-0.05, 0) is 30.9 Å². The van der Waals surface area contributed by atoms with Crippen LogP contribution in [0.2, 0.25) is 0 Å². The summed E-state index contributed by atoms with van der Waals surface area (Å²) in [6, 6.07) is 8.05. The smallest absolute Gasteiger partial charge is 0.196 e. The first kappa shape index (κ1) is 15.4. The average molecular weight is 347 g/mol. The zero-order valence-corrected chi connectivity index (χ0v) is 14.8. The zero-order chi connectivity index (χ0) is 17.5. The summed E-state index contributed by atoms with van der Waals surface area (Å²) in [6.45, 7) is 1.97. The molecule has 1 aliphatic rings. The summed E-state index contributed by atoms with van der Waals surface area (Å²) >= 11 is 0. The molecule has 6 heteroatoms. The molecule has 6 nitrogen and oxygen atoms in total. The number of furan rings is 1. The Labute approximate surface area is 151 Å². The standard InChI is InChI=1S/C20H21N5O/c1-24-10-8-21-17(24)11-14-5-4-9-25(12-14)20-19-18(22-13-23-20)15-6-2-3-7-16(15)26-19/h2-3,6-8,10,13-14H,4-5,9,11-12H2,1H3/t14-/m0/s1. The molecule has 0 amide bonds. The highest BCUT2D eigenvalue weighted by molar-refractivity contribution is 6.05. The molecule has 3 aromatic heterocycles. The highest BCUT2D eigenvalue weighted by Crippen LogP contribution is 2.34. The van der Waals surface area contributed by atoms with Gasteiger partial charge >= 0.3 is 0 Å². The molecule has 0 aliphatic carbocycles. The second-order valence-electron chi connectivity index (χ2n) is 7.09. The lowest BCUT2D eigenvalue weighted by Gasteiger charge is -2.33. The van der Waals surface area contributed by atoms with Crippen molar-refractivity contribution < 1.29 is 4.42 Å². The van der Waals surface area contributed by atoms with Crippen LogP contribution in [0, 0.1) is 5.92 Å². The first-order valence-electron chi connectivity index (χ1n) is 9.13. The van der Waals surface area contributed by atoms with Gasteiger partial charge in [0.05, 0.1) is 0 Å². The number of imidazole rings is 1. The van der Waals surface area contributed by atoms with Gasteiger partial charge < -0.3 is 13.9 Å². The number of hydrogen-bond donors (Lipinski definition) is 0. The fourth-order valence-corrected chi connectivity index (χ4v) is 4.01. The van der Waals surface area contributed by atoms with Gasteiger partial charge in [0.2, 0.25) is 0 Å². The molecule has 0 unspecified atom stereocenters. The number of nitrogens with zero attached hydrogens (tertiary/aromatic N) is 5. The molecule has 1 aliphatic heterocycles. The number of fused-ring (bicyclic) bond motifs is 3. The van der Waals surface area contributed by atoms with Crippen molar-refractivity contribution >= 4 is 27.9 Å². The summed E-state index contributed by atoms with van der Waals surface area (Å²) in [5.74, 6) is 2.63. The molecule has 1 atom stereocenters. The topological polar surface area (TPSA) is 60.0 Å². The summed E-state index contributed by atoms with van der Waals surface area (Å²) in [5.41, 5.74) is 2.56. The van der Waals surface area contributed by atoms with E-state index >= 15 is 0 Å². The number of anilines is 1. The van der Waals surface area contributed by atoms with Crippen LogP contribution in [0.5, 0.6) is 0 Å². The summed E-state index contributed by atoms with van der Waals surface area (Å²) in [5, 5.41) is 1.05. The third-order valence-corrected chi connectivity index (χ3v) is 5.35. The van der Waals surface area contributed by atoms with Crippen LogP contribution in [0.25, 0.3) is 22.1 Å². The Morgan fingerprint density at radius 1 is 1.19 bits per heavy atom. The lowest BCUT2D eigenvalue weighted by Crippen LogP contribution is -2.37. The van der Waals surface area contributed by atoms with Crippen molar-refractivity contribution in [2.75, 3.05) is 18.0 Å². The van der Waals surface area contributed by atoms with Crippen molar-refractivity contribution in [3.05, 3.63) is 48.8 Å². The van der Waals surface area contributed by atoms with Crippen LogP contribution in [0.15, 0.2) is 47.4 Å². The first-order valence-corrected chi connectivity index (χ1v) is 9.13. The molecule has 4 heterocycles. The third kappa shape index (κ3) is 2.53. The number of aryl methyl sites for hydroxylation is 1. The van der Waals surface area contributed by atoms with E-state index in [0.29, 0.717) is 5.92 Å². The SMILES string of the molecule is Cn1ccnc1C[C@@H]1CCCN(c2ncnc3c2oc2ccccc23)C1. The first-order chi connectivity index (χ1) is 12.8. The number of benzene rings is 1. The van der Waals surface area contributed by atoms with Gasteiger partial charge in [-0.25, -0.2) is 15.0 Å². The normalized spacial score (nSPS) is 18.0. The minimum Gasteiger partial charge on any atom is -0.450 e. The third-order valence-electron chi connectivity index (χ3n) is 5.35. The van der Waals surface area contributed by atoms with Crippen LogP contribution in [0.1, 0.15) is 18.7 Å². The van der Waals surface area contributed by atoms with Gasteiger partial charge in [-0.3, -0.25) is 0 Å². The molecular weight excluding hydrogens is 326 g/mol. The van der Waals surface area contributed by atoms with Crippen molar-refractivity contribution in [2.45, 2.75) is 19.3 Å². The summed E-state index contributed by atoms with van der Waals surface area (Å²) in [6.07, 6.45) is 8.91. The van der Waals surface area contributed by atoms with E-state index in [9.17, 15) is 0 Å². The van der Waals surface area contributed by atoms with Crippen LogP contribution >= 0.6 is 0 Å². The van der Waals surface area contributed by atoms with Crippen LogP contribution < -0.4 is 4.90 Å². The van der Waals surface area contributed by atoms with Crippen molar-refractivity contribution in [2.24, 2.45) is 13.0 Å². The molecule has 26 heavy (non-hydrogen) atoms. The Kier molecular flexibility index (Phi) is 3.62. The van der Waals surface area contributed by atoms with Gasteiger partial charge in [-0.2, -0.15) is 0 Å². The van der Waals surface area contributed by atoms with Gasteiger partial charge in [0.1, 0.15) is 23.3 Å². The molecular formula is C20H21N5O. The second kappa shape index (κ2) is 6.12. The minimum atomic E-state index is 0.569. The number of rotatable bonds is 3. The van der Waals surface area contributed by atoms with E-state index < -0.39 is 0 Å². The Hall–Kier alpha value is -2.89. The Morgan fingerprint density at radius 3 is 3.00 bits per heavy atom. The van der Waals surface area contributed by atoms with E-state index in [1.54, 1.807) is 6.33 Å². The van der Waals surface area contributed by atoms with Gasteiger partial charge in [0.25, 0.3) is 0 Å². The van der Waals surface area contributed by atoms with Crippen molar-refractivity contribution in [3.8, 4) is 0 Å². The molecule has 1 aromatic carbocycles. The number of hydrogen-bond acceptors (Lipinski definition) is 5. The fourth-order valence-electron chi connectivity index (χ4n) is 4.01. The molecule has 1 fully saturated rings. The van der Waals surface area contributed by atoms with Crippen LogP contribution in [0.3, 0.4) is 0 Å². The summed E-state index contributed by atoms with van der Waals surface area (Å²) < 4.78 is 8.23. The molecule has 132 valence electrons. The molecule has 0 saturated carbocycles. The van der Waals surface area contributed by atoms with Crippen LogP contribution in [0.4, 0.5) is 5.82 Å². The number of piperidine rings is 1. The van der Waals surface area contributed by atoms with E-state index in [4.69, 9.17) is 4.42 Å². The summed E-state index contributed by atoms with van der Waals surface area (Å²) in [4.78, 5) is 15.9. The van der Waals surface area contributed by atoms with Crippen LogP contribution in [-0.2, 0) is 13.5 Å². The maximum Gasteiger partial charge on any atom is 0.196 e. The van der Waals surface area contributed by atoms with Crippen molar-refractivity contribution in [1.29, 1.82) is 0 Å². The summed E-state index contributed by atoms with van der Waals surface area (Å²) in [7, 11) is 2.06. The largest absolute Gasteiger partial charge is 0.450 e. The molecule has 4 aromatic rings. The Morgan fingerprint density at radius 2 is 2.12 bits per heavy atom. The average Bonchev–Trinajstić information content (AvgIpc) is 3.25. The highest BCUT2D eigenvalue weighted by Gasteiger charge is 2.25. The monoisotopic (exact) mass is 347 g/mol. The van der Waals surface area contributed by atoms with Gasteiger partial charge in [-0.1, -0.05) is 12.1 Å². The molecule has 5 rings (SSSR count). The number of aromatic nitrogens is 4. The van der Waals surface area contributed by atoms with Crippen molar-refractivity contribution in [1.82, 2.24) is 19.5 Å². The maximum atomic E-state index is 6.11. The van der Waals surface area contributed by atoms with Gasteiger partial charge in [0.15, 0.2) is 11.4 Å². The zero-order valence-electron chi connectivity index (χ0n) is 14.8.